The lowest BCUT2D eigenvalue weighted by atomic mass is 10.2. The maximum atomic E-state index is 13.0. The Hall–Kier alpha value is -3.75. The van der Waals surface area contributed by atoms with Crippen LogP contribution in [0.1, 0.15) is 5.56 Å². The fourth-order valence-electron chi connectivity index (χ4n) is 2.37. The van der Waals surface area contributed by atoms with Crippen molar-refractivity contribution in [2.24, 2.45) is 0 Å². The molecule has 0 saturated carbocycles. The van der Waals surface area contributed by atoms with E-state index in [0.717, 1.165) is 11.3 Å². The Bertz CT molecular complexity index is 933. The molecule has 8 nitrogen and oxygen atoms in total. The summed E-state index contributed by atoms with van der Waals surface area (Å²) in [5.74, 6) is 0.409. The molecule has 9 heteroatoms. The van der Waals surface area contributed by atoms with Crippen molar-refractivity contribution in [3.63, 3.8) is 0 Å². The summed E-state index contributed by atoms with van der Waals surface area (Å²) in [4.78, 5) is 18.9. The number of nitrogens with zero attached hydrogens (tertiary/aromatic N) is 3. The number of hydrogen-bond donors (Lipinski definition) is 2. The van der Waals surface area contributed by atoms with Gasteiger partial charge in [0.05, 0.1) is 12.0 Å². The molecule has 0 aliphatic carbocycles. The zero-order valence-corrected chi connectivity index (χ0v) is 14.3. The second-order valence-corrected chi connectivity index (χ2v) is 5.51. The molecule has 2 aromatic carbocycles. The van der Waals surface area contributed by atoms with Crippen LogP contribution in [0.15, 0.2) is 54.9 Å². The van der Waals surface area contributed by atoms with E-state index in [0.29, 0.717) is 12.2 Å². The topological polar surface area (TPSA) is 102 Å². The van der Waals surface area contributed by atoms with Gasteiger partial charge in [-0.15, -0.1) is 0 Å². The number of rotatable bonds is 7. The highest BCUT2D eigenvalue weighted by molar-refractivity contribution is 5.73. The van der Waals surface area contributed by atoms with Crippen LogP contribution in [0.3, 0.4) is 0 Å². The predicted molar refractivity (Wildman–Crippen MR) is 98.7 cm³/mol. The Morgan fingerprint density at radius 3 is 2.37 bits per heavy atom. The summed E-state index contributed by atoms with van der Waals surface area (Å²) in [6, 6.07) is 12.7. The molecule has 0 radical (unpaired) electrons. The Kier molecular flexibility index (Phi) is 5.41. The Morgan fingerprint density at radius 2 is 1.74 bits per heavy atom. The van der Waals surface area contributed by atoms with Crippen LogP contribution in [0.25, 0.3) is 0 Å². The monoisotopic (exact) mass is 369 g/mol. The fraction of sp³-hybridized carbons (Fsp3) is 0.111. The lowest BCUT2D eigenvalue weighted by molar-refractivity contribution is -0.383. The van der Waals surface area contributed by atoms with Crippen molar-refractivity contribution in [1.29, 1.82) is 0 Å². The second kappa shape index (κ2) is 8.09. The SMILES string of the molecule is COc1ccc(CNc2ncnc(Nc3ccc(F)cc3)c2[N+](=O)[O-])cc1. The molecule has 3 aromatic rings. The molecule has 0 amide bonds. The summed E-state index contributed by atoms with van der Waals surface area (Å²) in [6.45, 7) is 0.331. The first-order valence-electron chi connectivity index (χ1n) is 7.95. The molecule has 0 fully saturated rings. The van der Waals surface area contributed by atoms with Crippen LogP contribution >= 0.6 is 0 Å². The highest BCUT2D eigenvalue weighted by Crippen LogP contribution is 2.31. The van der Waals surface area contributed by atoms with Crippen molar-refractivity contribution >= 4 is 23.0 Å². The molecule has 0 spiro atoms. The van der Waals surface area contributed by atoms with E-state index in [-0.39, 0.29) is 17.3 Å². The first-order valence-corrected chi connectivity index (χ1v) is 7.95. The zero-order chi connectivity index (χ0) is 19.2. The van der Waals surface area contributed by atoms with Crippen molar-refractivity contribution in [3.05, 3.63) is 76.4 Å². The molecule has 0 aliphatic heterocycles. The molecule has 0 aliphatic rings. The van der Waals surface area contributed by atoms with Gasteiger partial charge in [0.15, 0.2) is 0 Å². The number of benzene rings is 2. The zero-order valence-electron chi connectivity index (χ0n) is 14.3. The van der Waals surface area contributed by atoms with Gasteiger partial charge in [0.2, 0.25) is 11.6 Å². The van der Waals surface area contributed by atoms with E-state index in [1.165, 1.54) is 30.6 Å². The van der Waals surface area contributed by atoms with Crippen molar-refractivity contribution in [2.75, 3.05) is 17.7 Å². The predicted octanol–water partition coefficient (Wildman–Crippen LogP) is 3.89. The lowest BCUT2D eigenvalue weighted by Crippen LogP contribution is -2.08. The molecule has 0 atom stereocenters. The van der Waals surface area contributed by atoms with Crippen molar-refractivity contribution in [1.82, 2.24) is 9.97 Å². The molecule has 3 rings (SSSR count). The third-order valence-electron chi connectivity index (χ3n) is 3.73. The van der Waals surface area contributed by atoms with Crippen LogP contribution < -0.4 is 15.4 Å². The first-order chi connectivity index (χ1) is 13.1. The average molecular weight is 369 g/mol. The van der Waals surface area contributed by atoms with E-state index >= 15 is 0 Å². The van der Waals surface area contributed by atoms with Gasteiger partial charge >= 0.3 is 5.69 Å². The van der Waals surface area contributed by atoms with E-state index in [9.17, 15) is 14.5 Å². The maximum absolute atomic E-state index is 13.0. The third kappa shape index (κ3) is 4.46. The van der Waals surface area contributed by atoms with Crippen LogP contribution in [0, 0.1) is 15.9 Å². The number of methoxy groups -OCH3 is 1. The summed E-state index contributed by atoms with van der Waals surface area (Å²) >= 11 is 0. The summed E-state index contributed by atoms with van der Waals surface area (Å²) in [5.41, 5.74) is 1.08. The summed E-state index contributed by atoms with van der Waals surface area (Å²) < 4.78 is 18.1. The molecule has 1 heterocycles. The lowest BCUT2D eigenvalue weighted by Gasteiger charge is -2.10. The fourth-order valence-corrected chi connectivity index (χ4v) is 2.37. The third-order valence-corrected chi connectivity index (χ3v) is 3.73. The van der Waals surface area contributed by atoms with Gasteiger partial charge < -0.3 is 15.4 Å². The van der Waals surface area contributed by atoms with Crippen LogP contribution in [0.4, 0.5) is 27.4 Å². The first kappa shape index (κ1) is 18.1. The minimum atomic E-state index is -0.567. The molecule has 27 heavy (non-hydrogen) atoms. The molecule has 0 saturated heterocycles. The molecule has 2 N–H and O–H groups in total. The van der Waals surface area contributed by atoms with Gasteiger partial charge in [0, 0.05) is 12.2 Å². The summed E-state index contributed by atoms with van der Waals surface area (Å²) in [7, 11) is 1.58. The number of nitro groups is 1. The van der Waals surface area contributed by atoms with Crippen molar-refractivity contribution < 1.29 is 14.1 Å². The van der Waals surface area contributed by atoms with Gasteiger partial charge in [-0.1, -0.05) is 12.1 Å². The van der Waals surface area contributed by atoms with Crippen LogP contribution in [0.5, 0.6) is 5.75 Å². The summed E-state index contributed by atoms with van der Waals surface area (Å²) in [5, 5.41) is 17.3. The van der Waals surface area contributed by atoms with E-state index in [1.54, 1.807) is 19.2 Å². The van der Waals surface area contributed by atoms with E-state index in [2.05, 4.69) is 20.6 Å². The van der Waals surface area contributed by atoms with Crippen LogP contribution in [-0.4, -0.2) is 22.0 Å². The smallest absolute Gasteiger partial charge is 0.353 e. The number of ether oxygens (including phenoxy) is 1. The maximum Gasteiger partial charge on any atom is 0.353 e. The van der Waals surface area contributed by atoms with Crippen LogP contribution in [0.2, 0.25) is 0 Å². The van der Waals surface area contributed by atoms with Gasteiger partial charge in [-0.25, -0.2) is 14.4 Å². The van der Waals surface area contributed by atoms with E-state index < -0.39 is 10.7 Å². The molecular weight excluding hydrogens is 353 g/mol. The molecule has 1 aromatic heterocycles. The van der Waals surface area contributed by atoms with Gasteiger partial charge in [-0.2, -0.15) is 0 Å². The van der Waals surface area contributed by atoms with Crippen LogP contribution in [-0.2, 0) is 6.54 Å². The molecular formula is C18H16FN5O3. The number of hydrogen-bond acceptors (Lipinski definition) is 7. The van der Waals surface area contributed by atoms with Crippen molar-refractivity contribution in [3.8, 4) is 5.75 Å². The van der Waals surface area contributed by atoms with E-state index in [1.807, 2.05) is 12.1 Å². The quantitative estimate of drug-likeness (QED) is 0.481. The van der Waals surface area contributed by atoms with Crippen molar-refractivity contribution in [2.45, 2.75) is 6.54 Å². The minimum absolute atomic E-state index is 0.0128. The number of anilines is 3. The van der Waals surface area contributed by atoms with E-state index in [4.69, 9.17) is 4.74 Å². The average Bonchev–Trinajstić information content (AvgIpc) is 2.68. The van der Waals surface area contributed by atoms with Gasteiger partial charge in [-0.3, -0.25) is 10.1 Å². The molecule has 138 valence electrons. The Labute approximate surface area is 154 Å². The largest absolute Gasteiger partial charge is 0.497 e. The highest BCUT2D eigenvalue weighted by atomic mass is 19.1. The summed E-state index contributed by atoms with van der Waals surface area (Å²) in [6.07, 6.45) is 1.22. The molecule has 0 bridgehead atoms. The number of halogens is 1. The normalized spacial score (nSPS) is 10.3. The van der Waals surface area contributed by atoms with Gasteiger partial charge in [0.1, 0.15) is 17.9 Å². The Balaban J connectivity index is 1.81. The number of nitrogens with one attached hydrogen (secondary N) is 2. The number of aromatic nitrogens is 2. The van der Waals surface area contributed by atoms with Gasteiger partial charge in [0.25, 0.3) is 0 Å². The van der Waals surface area contributed by atoms with Gasteiger partial charge in [-0.05, 0) is 42.0 Å². The second-order valence-electron chi connectivity index (χ2n) is 5.51. The highest BCUT2D eigenvalue weighted by Gasteiger charge is 2.23. The standard InChI is InChI=1S/C18H16FN5O3/c1-27-15-8-2-12(3-9-15)10-20-17-16(24(25)26)18(22-11-21-17)23-14-6-4-13(19)5-7-14/h2-9,11H,10H2,1H3,(H2,20,21,22,23). The minimum Gasteiger partial charge on any atom is -0.497 e. The molecule has 0 unspecified atom stereocenters. The Morgan fingerprint density at radius 1 is 1.07 bits per heavy atom.